The molecule has 4 rings (SSSR count). The zero-order valence-electron chi connectivity index (χ0n) is 16.1. The van der Waals surface area contributed by atoms with Crippen molar-refractivity contribution < 1.29 is 14.6 Å². The standard InChI is InChI=1S/C20H20N4O3S/c1-10-5-13(18-14(6-10)22-16(26-4)8-21-18)19-24-17-11(2)7-15(23-20(17)28-19)27-12(3)9-25/h5-8,12,25H,9H2,1-4H3. The van der Waals surface area contributed by atoms with E-state index in [9.17, 15) is 5.11 Å². The van der Waals surface area contributed by atoms with E-state index in [4.69, 9.17) is 14.5 Å². The summed E-state index contributed by atoms with van der Waals surface area (Å²) in [6.45, 7) is 5.72. The molecule has 0 saturated carbocycles. The number of fused-ring (bicyclic) bond motifs is 2. The predicted octanol–water partition coefficient (Wildman–Crippen LogP) is 3.69. The molecule has 1 aromatic carbocycles. The van der Waals surface area contributed by atoms with Crippen molar-refractivity contribution >= 4 is 32.7 Å². The molecular weight excluding hydrogens is 376 g/mol. The fraction of sp³-hybridized carbons (Fsp3) is 0.300. The summed E-state index contributed by atoms with van der Waals surface area (Å²) in [5.74, 6) is 0.964. The Bertz CT molecular complexity index is 1180. The average molecular weight is 396 g/mol. The summed E-state index contributed by atoms with van der Waals surface area (Å²) in [4.78, 5) is 19.2. The van der Waals surface area contributed by atoms with E-state index in [1.807, 2.05) is 26.0 Å². The van der Waals surface area contributed by atoms with E-state index in [1.54, 1.807) is 20.2 Å². The minimum absolute atomic E-state index is 0.0654. The summed E-state index contributed by atoms with van der Waals surface area (Å²) < 4.78 is 10.9. The molecule has 3 heterocycles. The van der Waals surface area contributed by atoms with Crippen LogP contribution in [-0.4, -0.2) is 44.9 Å². The number of aryl methyl sites for hydroxylation is 2. The normalized spacial score (nSPS) is 12.5. The second-order valence-corrected chi connectivity index (χ2v) is 7.63. The highest BCUT2D eigenvalue weighted by Crippen LogP contribution is 2.36. The molecule has 0 fully saturated rings. The fourth-order valence-corrected chi connectivity index (χ4v) is 3.98. The number of benzene rings is 1. The number of aliphatic hydroxyl groups is 1. The molecule has 1 atom stereocenters. The molecular formula is C20H20N4O3S. The average Bonchev–Trinajstić information content (AvgIpc) is 3.11. The van der Waals surface area contributed by atoms with Crippen molar-refractivity contribution in [2.24, 2.45) is 0 Å². The fourth-order valence-electron chi connectivity index (χ4n) is 2.96. The Morgan fingerprint density at radius 2 is 1.89 bits per heavy atom. The smallest absolute Gasteiger partial charge is 0.232 e. The lowest BCUT2D eigenvalue weighted by Crippen LogP contribution is -2.16. The van der Waals surface area contributed by atoms with Gasteiger partial charge in [-0.3, -0.25) is 0 Å². The van der Waals surface area contributed by atoms with E-state index in [-0.39, 0.29) is 12.7 Å². The third-order valence-corrected chi connectivity index (χ3v) is 5.30. The van der Waals surface area contributed by atoms with Crippen LogP contribution in [0, 0.1) is 13.8 Å². The van der Waals surface area contributed by atoms with Crippen molar-refractivity contribution in [1.29, 1.82) is 0 Å². The molecule has 0 spiro atoms. The number of thiazole rings is 1. The lowest BCUT2D eigenvalue weighted by molar-refractivity contribution is 0.125. The van der Waals surface area contributed by atoms with Crippen molar-refractivity contribution in [2.75, 3.05) is 13.7 Å². The van der Waals surface area contributed by atoms with Gasteiger partial charge < -0.3 is 14.6 Å². The van der Waals surface area contributed by atoms with Gasteiger partial charge in [0, 0.05) is 11.6 Å². The third kappa shape index (κ3) is 3.36. The second-order valence-electron chi connectivity index (χ2n) is 6.65. The van der Waals surface area contributed by atoms with Crippen LogP contribution in [0.15, 0.2) is 24.4 Å². The molecule has 0 radical (unpaired) electrons. The van der Waals surface area contributed by atoms with Crippen molar-refractivity contribution in [1.82, 2.24) is 19.9 Å². The van der Waals surface area contributed by atoms with Crippen LogP contribution in [0.25, 0.3) is 32.0 Å². The number of hydrogen-bond acceptors (Lipinski definition) is 8. The maximum Gasteiger partial charge on any atom is 0.232 e. The Morgan fingerprint density at radius 1 is 1.07 bits per heavy atom. The first kappa shape index (κ1) is 18.5. The highest BCUT2D eigenvalue weighted by molar-refractivity contribution is 7.21. The van der Waals surface area contributed by atoms with Crippen LogP contribution in [0.5, 0.6) is 11.8 Å². The molecule has 1 unspecified atom stereocenters. The first-order valence-corrected chi connectivity index (χ1v) is 9.67. The number of ether oxygens (including phenoxy) is 2. The maximum atomic E-state index is 9.21. The van der Waals surface area contributed by atoms with Crippen LogP contribution < -0.4 is 9.47 Å². The van der Waals surface area contributed by atoms with Gasteiger partial charge in [-0.05, 0) is 44.0 Å². The minimum atomic E-state index is -0.317. The molecule has 0 amide bonds. The van der Waals surface area contributed by atoms with Gasteiger partial charge in [0.2, 0.25) is 11.8 Å². The Morgan fingerprint density at radius 3 is 2.64 bits per heavy atom. The molecule has 4 aromatic rings. The van der Waals surface area contributed by atoms with Crippen LogP contribution in [-0.2, 0) is 0 Å². The summed E-state index contributed by atoms with van der Waals surface area (Å²) in [6.07, 6.45) is 1.29. The van der Waals surface area contributed by atoms with Crippen LogP contribution in [0.3, 0.4) is 0 Å². The highest BCUT2D eigenvalue weighted by atomic mass is 32.1. The van der Waals surface area contributed by atoms with Gasteiger partial charge in [-0.2, -0.15) is 0 Å². The number of aromatic nitrogens is 4. The molecule has 7 nitrogen and oxygen atoms in total. The number of hydrogen-bond donors (Lipinski definition) is 1. The van der Waals surface area contributed by atoms with Crippen LogP contribution in [0.1, 0.15) is 18.1 Å². The van der Waals surface area contributed by atoms with Gasteiger partial charge in [-0.25, -0.2) is 19.9 Å². The van der Waals surface area contributed by atoms with E-state index < -0.39 is 0 Å². The first-order chi connectivity index (χ1) is 13.5. The van der Waals surface area contributed by atoms with Crippen LogP contribution >= 0.6 is 11.3 Å². The summed E-state index contributed by atoms with van der Waals surface area (Å²) in [5.41, 5.74) is 5.32. The largest absolute Gasteiger partial charge is 0.480 e. The Labute approximate surface area is 166 Å². The quantitative estimate of drug-likeness (QED) is 0.550. The van der Waals surface area contributed by atoms with Crippen LogP contribution in [0.2, 0.25) is 0 Å². The second kappa shape index (κ2) is 7.29. The Hall–Kier alpha value is -2.84. The molecule has 8 heteroatoms. The maximum absolute atomic E-state index is 9.21. The molecule has 1 N–H and O–H groups in total. The van der Waals surface area contributed by atoms with Crippen molar-refractivity contribution in [2.45, 2.75) is 26.9 Å². The number of rotatable bonds is 5. The van der Waals surface area contributed by atoms with Gasteiger partial charge in [0.15, 0.2) is 0 Å². The van der Waals surface area contributed by atoms with Gasteiger partial charge in [-0.15, -0.1) is 0 Å². The monoisotopic (exact) mass is 396 g/mol. The Balaban J connectivity index is 1.86. The van der Waals surface area contributed by atoms with Gasteiger partial charge in [0.05, 0.1) is 30.9 Å². The van der Waals surface area contributed by atoms with Gasteiger partial charge in [0.1, 0.15) is 21.5 Å². The number of pyridine rings is 1. The van der Waals surface area contributed by atoms with Crippen LogP contribution in [0.4, 0.5) is 0 Å². The zero-order valence-corrected chi connectivity index (χ0v) is 16.9. The Kier molecular flexibility index (Phi) is 4.82. The van der Waals surface area contributed by atoms with Crippen molar-refractivity contribution in [3.63, 3.8) is 0 Å². The first-order valence-electron chi connectivity index (χ1n) is 8.86. The molecule has 0 aliphatic heterocycles. The van der Waals surface area contributed by atoms with E-state index in [1.165, 1.54) is 11.3 Å². The van der Waals surface area contributed by atoms with E-state index >= 15 is 0 Å². The van der Waals surface area contributed by atoms with Gasteiger partial charge in [-0.1, -0.05) is 11.3 Å². The topological polar surface area (TPSA) is 90.3 Å². The minimum Gasteiger partial charge on any atom is -0.480 e. The summed E-state index contributed by atoms with van der Waals surface area (Å²) >= 11 is 1.48. The summed E-state index contributed by atoms with van der Waals surface area (Å²) in [6, 6.07) is 5.88. The van der Waals surface area contributed by atoms with Gasteiger partial charge in [0.25, 0.3) is 0 Å². The van der Waals surface area contributed by atoms with E-state index in [2.05, 4.69) is 21.0 Å². The lowest BCUT2D eigenvalue weighted by atomic mass is 10.1. The zero-order chi connectivity index (χ0) is 19.8. The molecule has 28 heavy (non-hydrogen) atoms. The van der Waals surface area contributed by atoms with E-state index in [0.29, 0.717) is 11.8 Å². The SMILES string of the molecule is COc1cnc2c(-c3nc4c(C)cc(OC(C)CO)nc4s3)cc(C)cc2n1. The molecule has 144 valence electrons. The van der Waals surface area contributed by atoms with Gasteiger partial charge >= 0.3 is 0 Å². The predicted molar refractivity (Wildman–Crippen MR) is 109 cm³/mol. The molecule has 0 bridgehead atoms. The number of methoxy groups -OCH3 is 1. The molecule has 0 aliphatic rings. The highest BCUT2D eigenvalue weighted by Gasteiger charge is 2.16. The van der Waals surface area contributed by atoms with E-state index in [0.717, 1.165) is 43.1 Å². The molecule has 0 aliphatic carbocycles. The number of aliphatic hydroxyl groups excluding tert-OH is 1. The summed E-state index contributed by atoms with van der Waals surface area (Å²) in [7, 11) is 1.58. The lowest BCUT2D eigenvalue weighted by Gasteiger charge is -2.11. The number of nitrogens with zero attached hydrogens (tertiary/aromatic N) is 4. The molecule has 0 saturated heterocycles. The summed E-state index contributed by atoms with van der Waals surface area (Å²) in [5, 5.41) is 10.0. The molecule has 3 aromatic heterocycles. The third-order valence-electron chi connectivity index (χ3n) is 4.32. The van der Waals surface area contributed by atoms with Crippen molar-refractivity contribution in [3.8, 4) is 22.3 Å². The van der Waals surface area contributed by atoms with Crippen molar-refractivity contribution in [3.05, 3.63) is 35.5 Å².